The minimum absolute atomic E-state index is 0.576. The predicted molar refractivity (Wildman–Crippen MR) is 111 cm³/mol. The Morgan fingerprint density at radius 2 is 2.00 bits per heavy atom. The first-order valence-corrected chi connectivity index (χ1v) is 9.49. The Kier molecular flexibility index (Phi) is 5.09. The van der Waals surface area contributed by atoms with E-state index in [0.29, 0.717) is 24.2 Å². The minimum Gasteiger partial charge on any atom is -0.366 e. The standard InChI is InChI=1S/C23H20N6/c1-16-5-6-22(19(9-16)12-25)29-8-7-21-20(14-29)23(28-15-27-21)26-13-18-4-2-3-17(10-18)11-24/h2-6,9-10,15H,7-8,13-14H2,1H3,(H,26,27,28). The Labute approximate surface area is 170 Å². The average Bonchev–Trinajstić information content (AvgIpc) is 2.77. The van der Waals surface area contributed by atoms with Gasteiger partial charge in [0.15, 0.2) is 0 Å². The van der Waals surface area contributed by atoms with Crippen LogP contribution in [0, 0.1) is 29.6 Å². The van der Waals surface area contributed by atoms with Crippen LogP contribution in [0.15, 0.2) is 48.8 Å². The van der Waals surface area contributed by atoms with Gasteiger partial charge in [0, 0.05) is 31.6 Å². The molecule has 2 aromatic carbocycles. The summed E-state index contributed by atoms with van der Waals surface area (Å²) in [6, 6.07) is 18.0. The first-order chi connectivity index (χ1) is 14.2. The molecule has 29 heavy (non-hydrogen) atoms. The van der Waals surface area contributed by atoms with Gasteiger partial charge in [-0.15, -0.1) is 0 Å². The number of aromatic nitrogens is 2. The molecule has 0 spiro atoms. The Hall–Kier alpha value is -3.90. The fraction of sp³-hybridized carbons (Fsp3) is 0.217. The highest BCUT2D eigenvalue weighted by molar-refractivity contribution is 5.62. The van der Waals surface area contributed by atoms with E-state index in [0.717, 1.165) is 46.9 Å². The zero-order valence-corrected chi connectivity index (χ0v) is 16.2. The number of fused-ring (bicyclic) bond motifs is 1. The molecule has 4 rings (SSSR count). The van der Waals surface area contributed by atoms with Crippen LogP contribution >= 0.6 is 0 Å². The third-order valence-electron chi connectivity index (χ3n) is 5.13. The summed E-state index contributed by atoms with van der Waals surface area (Å²) in [6.45, 7) is 4.03. The Morgan fingerprint density at radius 1 is 1.10 bits per heavy atom. The van der Waals surface area contributed by atoms with Gasteiger partial charge in [-0.1, -0.05) is 18.2 Å². The van der Waals surface area contributed by atoms with Crippen molar-refractivity contribution in [2.45, 2.75) is 26.4 Å². The average molecular weight is 380 g/mol. The van der Waals surface area contributed by atoms with Gasteiger partial charge in [0.05, 0.1) is 28.6 Å². The third-order valence-corrected chi connectivity index (χ3v) is 5.13. The Balaban J connectivity index is 1.58. The Morgan fingerprint density at radius 3 is 2.83 bits per heavy atom. The molecule has 0 saturated heterocycles. The summed E-state index contributed by atoms with van der Waals surface area (Å²) in [6.07, 6.45) is 2.39. The van der Waals surface area contributed by atoms with E-state index >= 15 is 0 Å². The zero-order valence-electron chi connectivity index (χ0n) is 16.2. The van der Waals surface area contributed by atoms with Crippen molar-refractivity contribution in [3.63, 3.8) is 0 Å². The highest BCUT2D eigenvalue weighted by atomic mass is 15.2. The molecule has 6 nitrogen and oxygen atoms in total. The first-order valence-electron chi connectivity index (χ1n) is 9.49. The lowest BCUT2D eigenvalue weighted by Crippen LogP contribution is -2.32. The van der Waals surface area contributed by atoms with Crippen LogP contribution in [-0.4, -0.2) is 16.5 Å². The van der Waals surface area contributed by atoms with E-state index in [1.165, 1.54) is 0 Å². The molecule has 6 heteroatoms. The van der Waals surface area contributed by atoms with Gasteiger partial charge in [-0.2, -0.15) is 10.5 Å². The molecule has 0 unspecified atom stereocenters. The summed E-state index contributed by atoms with van der Waals surface area (Å²) in [7, 11) is 0. The van der Waals surface area contributed by atoms with Crippen LogP contribution in [0.3, 0.4) is 0 Å². The van der Waals surface area contributed by atoms with Gasteiger partial charge in [-0.25, -0.2) is 9.97 Å². The maximum Gasteiger partial charge on any atom is 0.134 e. The van der Waals surface area contributed by atoms with E-state index in [2.05, 4.69) is 32.3 Å². The maximum atomic E-state index is 9.54. The van der Waals surface area contributed by atoms with E-state index in [9.17, 15) is 5.26 Å². The molecule has 0 aliphatic carbocycles. The van der Waals surface area contributed by atoms with Crippen molar-refractivity contribution in [1.82, 2.24) is 9.97 Å². The monoisotopic (exact) mass is 380 g/mol. The molecule has 0 amide bonds. The summed E-state index contributed by atoms with van der Waals surface area (Å²) in [4.78, 5) is 11.1. The van der Waals surface area contributed by atoms with Gasteiger partial charge in [0.25, 0.3) is 0 Å². The van der Waals surface area contributed by atoms with Crippen LogP contribution in [0.1, 0.15) is 33.5 Å². The predicted octanol–water partition coefficient (Wildman–Crippen LogP) is 3.70. The lowest BCUT2D eigenvalue weighted by atomic mass is 10.0. The van der Waals surface area contributed by atoms with E-state index in [4.69, 9.17) is 5.26 Å². The lowest BCUT2D eigenvalue weighted by Gasteiger charge is -2.31. The summed E-state index contributed by atoms with van der Waals surface area (Å²) in [5.41, 5.74) is 6.47. The Bertz CT molecular complexity index is 1140. The molecule has 0 fully saturated rings. The van der Waals surface area contributed by atoms with Crippen molar-refractivity contribution in [2.75, 3.05) is 16.8 Å². The van der Waals surface area contributed by atoms with Gasteiger partial charge in [0.1, 0.15) is 18.2 Å². The topological polar surface area (TPSA) is 88.6 Å². The maximum absolute atomic E-state index is 9.54. The van der Waals surface area contributed by atoms with Crippen LogP contribution in [0.5, 0.6) is 0 Å². The van der Waals surface area contributed by atoms with Gasteiger partial charge >= 0.3 is 0 Å². The van der Waals surface area contributed by atoms with Crippen LogP contribution in [-0.2, 0) is 19.5 Å². The van der Waals surface area contributed by atoms with E-state index in [-0.39, 0.29) is 0 Å². The van der Waals surface area contributed by atoms with Crippen molar-refractivity contribution in [3.05, 3.63) is 82.3 Å². The number of nitrogens with one attached hydrogen (secondary N) is 1. The number of anilines is 2. The minimum atomic E-state index is 0.576. The summed E-state index contributed by atoms with van der Waals surface area (Å²) >= 11 is 0. The van der Waals surface area contributed by atoms with Crippen molar-refractivity contribution in [1.29, 1.82) is 10.5 Å². The highest BCUT2D eigenvalue weighted by Crippen LogP contribution is 2.29. The molecule has 0 atom stereocenters. The molecule has 1 N–H and O–H groups in total. The largest absolute Gasteiger partial charge is 0.366 e. The molecule has 0 bridgehead atoms. The van der Waals surface area contributed by atoms with Crippen molar-refractivity contribution < 1.29 is 0 Å². The molecule has 0 radical (unpaired) electrons. The SMILES string of the molecule is Cc1ccc(N2CCc3ncnc(NCc4cccc(C#N)c4)c3C2)c(C#N)c1. The van der Waals surface area contributed by atoms with Crippen LogP contribution in [0.2, 0.25) is 0 Å². The molecule has 0 saturated carbocycles. The summed E-state index contributed by atoms with van der Waals surface area (Å²) in [5, 5.41) is 22.0. The number of hydrogen-bond donors (Lipinski definition) is 1. The molecule has 1 aromatic heterocycles. The zero-order chi connectivity index (χ0) is 20.2. The van der Waals surface area contributed by atoms with Crippen molar-refractivity contribution in [3.8, 4) is 12.1 Å². The number of benzene rings is 2. The summed E-state index contributed by atoms with van der Waals surface area (Å²) in [5.74, 6) is 0.799. The molecule has 1 aliphatic heterocycles. The number of nitriles is 2. The normalized spacial score (nSPS) is 12.6. The quantitative estimate of drug-likeness (QED) is 0.742. The second-order valence-electron chi connectivity index (χ2n) is 7.12. The van der Waals surface area contributed by atoms with Crippen LogP contribution in [0.25, 0.3) is 0 Å². The first kappa shape index (κ1) is 18.5. The second-order valence-corrected chi connectivity index (χ2v) is 7.12. The number of nitrogens with zero attached hydrogens (tertiary/aromatic N) is 5. The van der Waals surface area contributed by atoms with Gasteiger partial charge in [-0.05, 0) is 42.3 Å². The van der Waals surface area contributed by atoms with Crippen LogP contribution < -0.4 is 10.2 Å². The van der Waals surface area contributed by atoms with Crippen molar-refractivity contribution in [2.24, 2.45) is 0 Å². The van der Waals surface area contributed by atoms with Gasteiger partial charge < -0.3 is 10.2 Å². The second kappa shape index (κ2) is 8.00. The van der Waals surface area contributed by atoms with Gasteiger partial charge in [0.2, 0.25) is 0 Å². The van der Waals surface area contributed by atoms with Crippen LogP contribution in [0.4, 0.5) is 11.5 Å². The molecular formula is C23H20N6. The fourth-order valence-corrected chi connectivity index (χ4v) is 3.65. The molecular weight excluding hydrogens is 360 g/mol. The third kappa shape index (κ3) is 3.88. The van der Waals surface area contributed by atoms with E-state index in [1.54, 1.807) is 12.4 Å². The molecule has 3 aromatic rings. The van der Waals surface area contributed by atoms with Gasteiger partial charge in [-0.3, -0.25) is 0 Å². The number of hydrogen-bond acceptors (Lipinski definition) is 6. The van der Waals surface area contributed by atoms with Crippen molar-refractivity contribution >= 4 is 11.5 Å². The number of aryl methyl sites for hydroxylation is 1. The van der Waals surface area contributed by atoms with E-state index < -0.39 is 0 Å². The fourth-order valence-electron chi connectivity index (χ4n) is 3.65. The number of rotatable bonds is 4. The smallest absolute Gasteiger partial charge is 0.134 e. The molecule has 142 valence electrons. The van der Waals surface area contributed by atoms with E-state index in [1.807, 2.05) is 43.3 Å². The molecule has 1 aliphatic rings. The highest BCUT2D eigenvalue weighted by Gasteiger charge is 2.23. The summed E-state index contributed by atoms with van der Waals surface area (Å²) < 4.78 is 0. The molecule has 2 heterocycles. The lowest BCUT2D eigenvalue weighted by molar-refractivity contribution is 0.705.